The van der Waals surface area contributed by atoms with Gasteiger partial charge in [0.15, 0.2) is 11.8 Å². The Bertz CT molecular complexity index is 763. The highest BCUT2D eigenvalue weighted by Gasteiger charge is 2.38. The van der Waals surface area contributed by atoms with Gasteiger partial charge >= 0.3 is 6.18 Å². The van der Waals surface area contributed by atoms with Crippen molar-refractivity contribution in [2.75, 3.05) is 7.05 Å². The number of hydrogen-bond acceptors (Lipinski definition) is 4. The van der Waals surface area contributed by atoms with Crippen LogP contribution in [0.2, 0.25) is 0 Å². The van der Waals surface area contributed by atoms with E-state index in [9.17, 15) is 31.2 Å². The lowest BCUT2D eigenvalue weighted by Crippen LogP contribution is -2.50. The Labute approximate surface area is 150 Å². The number of benzene rings is 1. The van der Waals surface area contributed by atoms with E-state index in [0.717, 1.165) is 25.2 Å². The molecular formula is C16H21F3N2O4S. The van der Waals surface area contributed by atoms with E-state index in [1.54, 1.807) is 6.92 Å². The van der Waals surface area contributed by atoms with Gasteiger partial charge < -0.3 is 5.73 Å². The first-order valence-corrected chi connectivity index (χ1v) is 9.45. The molecule has 146 valence electrons. The van der Waals surface area contributed by atoms with E-state index in [-0.39, 0.29) is 6.42 Å². The molecule has 1 aromatic rings. The lowest BCUT2D eigenvalue weighted by atomic mass is 10.1. The van der Waals surface area contributed by atoms with E-state index >= 15 is 0 Å². The molecule has 2 N–H and O–H groups in total. The van der Waals surface area contributed by atoms with Gasteiger partial charge in [0.1, 0.15) is 0 Å². The van der Waals surface area contributed by atoms with Gasteiger partial charge in [-0.15, -0.1) is 0 Å². The SMILES string of the molecule is CCCCC(=O)C(C(N)=O)N(C)S(=O)(=O)Cc1ccccc1C(F)(F)F. The Morgan fingerprint density at radius 1 is 1.23 bits per heavy atom. The first kappa shape index (κ1) is 22.1. The van der Waals surface area contributed by atoms with E-state index in [2.05, 4.69) is 0 Å². The monoisotopic (exact) mass is 394 g/mol. The van der Waals surface area contributed by atoms with Crippen molar-refractivity contribution in [3.8, 4) is 0 Å². The molecule has 0 saturated carbocycles. The number of primary amides is 1. The van der Waals surface area contributed by atoms with E-state index in [1.165, 1.54) is 6.07 Å². The Hall–Kier alpha value is -1.94. The highest BCUT2D eigenvalue weighted by atomic mass is 32.2. The number of likely N-dealkylation sites (N-methyl/N-ethyl adjacent to an activating group) is 1. The Kier molecular flexibility index (Phi) is 7.34. The third-order valence-corrected chi connectivity index (χ3v) is 5.58. The number of sulfonamides is 1. The minimum atomic E-state index is -4.73. The summed E-state index contributed by atoms with van der Waals surface area (Å²) in [7, 11) is -3.44. The molecule has 10 heteroatoms. The summed E-state index contributed by atoms with van der Waals surface area (Å²) in [5, 5.41) is 0. The van der Waals surface area contributed by atoms with Crippen molar-refractivity contribution in [1.82, 2.24) is 4.31 Å². The van der Waals surface area contributed by atoms with Crippen LogP contribution >= 0.6 is 0 Å². The average Bonchev–Trinajstić information content (AvgIpc) is 2.51. The van der Waals surface area contributed by atoms with Crippen LogP contribution in [0.25, 0.3) is 0 Å². The Morgan fingerprint density at radius 2 is 1.81 bits per heavy atom. The van der Waals surface area contributed by atoms with Crippen LogP contribution in [-0.2, 0) is 31.5 Å². The number of carbonyl (C=O) groups is 2. The summed E-state index contributed by atoms with van der Waals surface area (Å²) < 4.78 is 64.6. The smallest absolute Gasteiger partial charge is 0.368 e. The second-order valence-corrected chi connectivity index (χ2v) is 7.83. The van der Waals surface area contributed by atoms with Crippen molar-refractivity contribution >= 4 is 21.7 Å². The van der Waals surface area contributed by atoms with Gasteiger partial charge in [-0.1, -0.05) is 31.5 Å². The van der Waals surface area contributed by atoms with Gasteiger partial charge in [-0.3, -0.25) is 9.59 Å². The number of halogens is 3. The summed E-state index contributed by atoms with van der Waals surface area (Å²) in [6.07, 6.45) is -3.70. The summed E-state index contributed by atoms with van der Waals surface area (Å²) in [6, 6.07) is 2.47. The topological polar surface area (TPSA) is 97.5 Å². The molecule has 0 radical (unpaired) electrons. The Morgan fingerprint density at radius 3 is 2.31 bits per heavy atom. The molecule has 0 fully saturated rings. The number of nitrogens with zero attached hydrogens (tertiary/aromatic N) is 1. The van der Waals surface area contributed by atoms with Gasteiger partial charge in [0.25, 0.3) is 0 Å². The first-order valence-electron chi connectivity index (χ1n) is 7.84. The minimum Gasteiger partial charge on any atom is -0.368 e. The highest BCUT2D eigenvalue weighted by molar-refractivity contribution is 7.88. The van der Waals surface area contributed by atoms with Crippen molar-refractivity contribution < 1.29 is 31.2 Å². The summed E-state index contributed by atoms with van der Waals surface area (Å²) in [4.78, 5) is 23.7. The zero-order valence-corrected chi connectivity index (χ0v) is 15.2. The van der Waals surface area contributed by atoms with Gasteiger partial charge in [0.2, 0.25) is 15.9 Å². The normalized spacial score (nSPS) is 13.6. The van der Waals surface area contributed by atoms with Gasteiger partial charge in [-0.2, -0.15) is 17.5 Å². The third kappa shape index (κ3) is 5.53. The molecule has 1 aromatic carbocycles. The van der Waals surface area contributed by atoms with E-state index in [0.29, 0.717) is 17.1 Å². The predicted molar refractivity (Wildman–Crippen MR) is 89.3 cm³/mol. The Balaban J connectivity index is 3.17. The van der Waals surface area contributed by atoms with Crippen molar-refractivity contribution in [3.05, 3.63) is 35.4 Å². The van der Waals surface area contributed by atoms with Gasteiger partial charge in [-0.25, -0.2) is 8.42 Å². The standard InChI is InChI=1S/C16H21F3N2O4S/c1-3-4-9-13(22)14(15(20)23)21(2)26(24,25)10-11-7-5-6-8-12(11)16(17,18)19/h5-8,14H,3-4,9-10H2,1-2H3,(H2,20,23). The molecule has 0 heterocycles. The maximum absolute atomic E-state index is 13.0. The second kappa shape index (κ2) is 8.63. The second-order valence-electron chi connectivity index (χ2n) is 5.80. The quantitative estimate of drug-likeness (QED) is 0.649. The molecule has 6 nitrogen and oxygen atoms in total. The van der Waals surface area contributed by atoms with Crippen LogP contribution in [0.1, 0.15) is 37.3 Å². The largest absolute Gasteiger partial charge is 0.416 e. The molecular weight excluding hydrogens is 373 g/mol. The summed E-state index contributed by atoms with van der Waals surface area (Å²) in [6.45, 7) is 1.81. The van der Waals surface area contributed by atoms with Crippen LogP contribution in [0.5, 0.6) is 0 Å². The highest BCUT2D eigenvalue weighted by Crippen LogP contribution is 2.33. The summed E-state index contributed by atoms with van der Waals surface area (Å²) in [5.74, 6) is -2.86. The molecule has 0 bridgehead atoms. The molecule has 1 amide bonds. The van der Waals surface area contributed by atoms with Gasteiger partial charge in [0.05, 0.1) is 11.3 Å². The third-order valence-electron chi connectivity index (χ3n) is 3.81. The maximum Gasteiger partial charge on any atom is 0.416 e. The number of carbonyl (C=O) groups excluding carboxylic acids is 2. The number of rotatable bonds is 9. The fourth-order valence-electron chi connectivity index (χ4n) is 2.41. The molecule has 0 aliphatic carbocycles. The van der Waals surface area contributed by atoms with Crippen molar-refractivity contribution in [1.29, 1.82) is 0 Å². The molecule has 0 saturated heterocycles. The zero-order valence-electron chi connectivity index (χ0n) is 14.4. The predicted octanol–water partition coefficient (Wildman–Crippen LogP) is 2.08. The van der Waals surface area contributed by atoms with Crippen LogP contribution in [0.15, 0.2) is 24.3 Å². The first-order chi connectivity index (χ1) is 11.9. The molecule has 1 rings (SSSR count). The average molecular weight is 394 g/mol. The lowest BCUT2D eigenvalue weighted by molar-refractivity contribution is -0.138. The van der Waals surface area contributed by atoms with Crippen molar-refractivity contribution in [3.63, 3.8) is 0 Å². The molecule has 0 aliphatic heterocycles. The summed E-state index contributed by atoms with van der Waals surface area (Å²) in [5.41, 5.74) is 3.59. The molecule has 1 unspecified atom stereocenters. The van der Waals surface area contributed by atoms with E-state index in [1.807, 2.05) is 0 Å². The van der Waals surface area contributed by atoms with Crippen LogP contribution < -0.4 is 5.73 Å². The number of hydrogen-bond donors (Lipinski definition) is 1. The van der Waals surface area contributed by atoms with Crippen LogP contribution in [-0.4, -0.2) is 37.5 Å². The maximum atomic E-state index is 13.0. The fraction of sp³-hybridized carbons (Fsp3) is 0.500. The molecule has 0 spiro atoms. The van der Waals surface area contributed by atoms with Crippen LogP contribution in [0.3, 0.4) is 0 Å². The molecule has 0 aromatic heterocycles. The number of unbranched alkanes of at least 4 members (excludes halogenated alkanes) is 1. The molecule has 1 atom stereocenters. The van der Waals surface area contributed by atoms with E-state index < -0.39 is 50.8 Å². The zero-order chi connectivity index (χ0) is 20.1. The van der Waals surface area contributed by atoms with Crippen LogP contribution in [0, 0.1) is 0 Å². The van der Waals surface area contributed by atoms with E-state index in [4.69, 9.17) is 5.73 Å². The minimum absolute atomic E-state index is 0.0525. The van der Waals surface area contributed by atoms with Gasteiger partial charge in [-0.05, 0) is 18.1 Å². The molecule has 26 heavy (non-hydrogen) atoms. The van der Waals surface area contributed by atoms with Crippen LogP contribution in [0.4, 0.5) is 13.2 Å². The number of nitrogens with two attached hydrogens (primary N) is 1. The van der Waals surface area contributed by atoms with Crippen molar-refractivity contribution in [2.24, 2.45) is 5.73 Å². The fourth-order valence-corrected chi connectivity index (χ4v) is 3.80. The molecule has 0 aliphatic rings. The summed E-state index contributed by atoms with van der Waals surface area (Å²) >= 11 is 0. The number of Topliss-reactive ketones (excluding diaryl/α,β-unsaturated/α-hetero) is 1. The van der Waals surface area contributed by atoms with Gasteiger partial charge in [0, 0.05) is 13.5 Å². The lowest BCUT2D eigenvalue weighted by Gasteiger charge is -2.24. The number of ketones is 1. The van der Waals surface area contributed by atoms with Crippen molar-refractivity contribution in [2.45, 2.75) is 44.2 Å². The number of amides is 1. The number of alkyl halides is 3.